The minimum Gasteiger partial charge on any atom is -0.478 e. The van der Waals surface area contributed by atoms with Gasteiger partial charge in [0.15, 0.2) is 0 Å². The smallest absolute Gasteiger partial charge is 0.338 e. The molecule has 0 atom stereocenters. The van der Waals surface area contributed by atoms with Crippen LogP contribution in [0.25, 0.3) is 0 Å². The van der Waals surface area contributed by atoms with Crippen LogP contribution in [-0.4, -0.2) is 22.5 Å². The monoisotopic (exact) mass is 254 g/mol. The Morgan fingerprint density at radius 2 is 2.22 bits per heavy atom. The van der Waals surface area contributed by atoms with Crippen LogP contribution in [0.15, 0.2) is 12.1 Å². The molecular formula is C11H11FN2O4. The summed E-state index contributed by atoms with van der Waals surface area (Å²) in [5.74, 6) is -2.04. The van der Waals surface area contributed by atoms with Crippen molar-refractivity contribution >= 4 is 17.3 Å². The molecular weight excluding hydrogens is 243 g/mol. The van der Waals surface area contributed by atoms with Crippen LogP contribution in [0.3, 0.4) is 0 Å². The first-order chi connectivity index (χ1) is 8.49. The van der Waals surface area contributed by atoms with Gasteiger partial charge in [0.2, 0.25) is 0 Å². The SMILES string of the molecule is O=C(O)c1cc([N+](=O)[O-])c(NCC2CC2)cc1F. The Morgan fingerprint density at radius 1 is 1.56 bits per heavy atom. The number of nitrogens with one attached hydrogen (secondary N) is 1. The summed E-state index contributed by atoms with van der Waals surface area (Å²) in [5, 5.41) is 22.3. The molecule has 1 fully saturated rings. The fraction of sp³-hybridized carbons (Fsp3) is 0.364. The van der Waals surface area contributed by atoms with Gasteiger partial charge in [-0.1, -0.05) is 0 Å². The van der Waals surface area contributed by atoms with E-state index in [1.165, 1.54) is 0 Å². The Labute approximate surface area is 102 Å². The second-order valence-corrected chi connectivity index (χ2v) is 4.24. The first-order valence-electron chi connectivity index (χ1n) is 5.44. The molecule has 1 aromatic rings. The zero-order valence-electron chi connectivity index (χ0n) is 9.35. The third kappa shape index (κ3) is 2.55. The number of hydrogen-bond acceptors (Lipinski definition) is 4. The van der Waals surface area contributed by atoms with Crippen LogP contribution in [0.5, 0.6) is 0 Å². The first-order valence-corrected chi connectivity index (χ1v) is 5.44. The fourth-order valence-electron chi connectivity index (χ4n) is 1.59. The molecule has 0 amide bonds. The van der Waals surface area contributed by atoms with Crippen molar-refractivity contribution < 1.29 is 19.2 Å². The Hall–Kier alpha value is -2.18. The summed E-state index contributed by atoms with van der Waals surface area (Å²) in [5.41, 5.74) is -1.09. The number of nitro groups is 1. The van der Waals surface area contributed by atoms with E-state index < -0.39 is 28.0 Å². The van der Waals surface area contributed by atoms with E-state index in [9.17, 15) is 19.3 Å². The van der Waals surface area contributed by atoms with Gasteiger partial charge in [0.25, 0.3) is 5.69 Å². The summed E-state index contributed by atoms with van der Waals surface area (Å²) in [6.45, 7) is 0.534. The van der Waals surface area contributed by atoms with Crippen molar-refractivity contribution in [3.63, 3.8) is 0 Å². The van der Waals surface area contributed by atoms with Crippen molar-refractivity contribution in [1.82, 2.24) is 0 Å². The number of carboxylic acids is 1. The van der Waals surface area contributed by atoms with Crippen molar-refractivity contribution in [3.05, 3.63) is 33.6 Å². The molecule has 1 aliphatic carbocycles. The first kappa shape index (κ1) is 12.3. The molecule has 0 radical (unpaired) electrons. The van der Waals surface area contributed by atoms with Gasteiger partial charge >= 0.3 is 5.97 Å². The van der Waals surface area contributed by atoms with Gasteiger partial charge in [-0.3, -0.25) is 10.1 Å². The van der Waals surface area contributed by atoms with E-state index in [-0.39, 0.29) is 5.69 Å². The maximum absolute atomic E-state index is 13.4. The number of anilines is 1. The van der Waals surface area contributed by atoms with Gasteiger partial charge < -0.3 is 10.4 Å². The highest BCUT2D eigenvalue weighted by Gasteiger charge is 2.25. The highest BCUT2D eigenvalue weighted by Crippen LogP contribution is 2.32. The number of halogens is 1. The van der Waals surface area contributed by atoms with Gasteiger partial charge in [0.05, 0.1) is 4.92 Å². The van der Waals surface area contributed by atoms with Crippen molar-refractivity contribution in [2.45, 2.75) is 12.8 Å². The summed E-state index contributed by atoms with van der Waals surface area (Å²) in [6, 6.07) is 1.61. The molecule has 96 valence electrons. The summed E-state index contributed by atoms with van der Waals surface area (Å²) in [7, 11) is 0. The average molecular weight is 254 g/mol. The molecule has 2 rings (SSSR count). The Kier molecular flexibility index (Phi) is 3.14. The lowest BCUT2D eigenvalue weighted by molar-refractivity contribution is -0.384. The molecule has 6 nitrogen and oxygen atoms in total. The van der Waals surface area contributed by atoms with E-state index in [0.29, 0.717) is 12.5 Å². The molecule has 1 saturated carbocycles. The lowest BCUT2D eigenvalue weighted by Gasteiger charge is -2.07. The number of carboxylic acid groups (broad SMARTS) is 1. The number of benzene rings is 1. The van der Waals surface area contributed by atoms with Crippen molar-refractivity contribution in [2.75, 3.05) is 11.9 Å². The van der Waals surface area contributed by atoms with E-state index in [4.69, 9.17) is 5.11 Å². The predicted molar refractivity (Wildman–Crippen MR) is 61.2 cm³/mol. The summed E-state index contributed by atoms with van der Waals surface area (Å²) in [4.78, 5) is 20.8. The number of nitro benzene ring substituents is 1. The third-order valence-corrected chi connectivity index (χ3v) is 2.79. The zero-order chi connectivity index (χ0) is 13.3. The van der Waals surface area contributed by atoms with Crippen LogP contribution < -0.4 is 5.32 Å². The molecule has 0 saturated heterocycles. The zero-order valence-corrected chi connectivity index (χ0v) is 9.35. The Balaban J connectivity index is 2.33. The molecule has 0 aliphatic heterocycles. The van der Waals surface area contributed by atoms with Gasteiger partial charge in [0, 0.05) is 18.7 Å². The van der Waals surface area contributed by atoms with Crippen molar-refractivity contribution in [3.8, 4) is 0 Å². The quantitative estimate of drug-likeness (QED) is 0.621. The van der Waals surface area contributed by atoms with Gasteiger partial charge in [-0.25, -0.2) is 9.18 Å². The largest absolute Gasteiger partial charge is 0.478 e. The van der Waals surface area contributed by atoms with Crippen LogP contribution >= 0.6 is 0 Å². The summed E-state index contributed by atoms with van der Waals surface area (Å²) >= 11 is 0. The topological polar surface area (TPSA) is 92.5 Å². The number of carbonyl (C=O) groups is 1. The van der Waals surface area contributed by atoms with Gasteiger partial charge in [-0.15, -0.1) is 0 Å². The molecule has 7 heteroatoms. The molecule has 1 aliphatic rings. The summed E-state index contributed by atoms with van der Waals surface area (Å²) < 4.78 is 13.4. The van der Waals surface area contributed by atoms with Gasteiger partial charge in [-0.05, 0) is 18.8 Å². The molecule has 0 unspecified atom stereocenters. The highest BCUT2D eigenvalue weighted by atomic mass is 19.1. The van der Waals surface area contributed by atoms with E-state index in [0.717, 1.165) is 25.0 Å². The predicted octanol–water partition coefficient (Wildman–Crippen LogP) is 2.25. The lowest BCUT2D eigenvalue weighted by Crippen LogP contribution is -2.09. The lowest BCUT2D eigenvalue weighted by atomic mass is 10.1. The Bertz CT molecular complexity index is 514. The standard InChI is InChI=1S/C11H11FN2O4/c12-8-4-9(13-5-6-1-2-6)10(14(17)18)3-7(8)11(15)16/h3-4,6,13H,1-2,5H2,(H,15,16). The van der Waals surface area contributed by atoms with Crippen molar-refractivity contribution in [1.29, 1.82) is 0 Å². The van der Waals surface area contributed by atoms with E-state index in [2.05, 4.69) is 5.32 Å². The molecule has 0 bridgehead atoms. The second kappa shape index (κ2) is 4.59. The number of rotatable bonds is 5. The second-order valence-electron chi connectivity index (χ2n) is 4.24. The van der Waals surface area contributed by atoms with Crippen LogP contribution in [-0.2, 0) is 0 Å². The minimum atomic E-state index is -1.52. The molecule has 0 aromatic heterocycles. The molecule has 1 aromatic carbocycles. The normalized spacial score (nSPS) is 14.3. The molecule has 18 heavy (non-hydrogen) atoms. The minimum absolute atomic E-state index is 0.0226. The summed E-state index contributed by atoms with van der Waals surface area (Å²) in [6.07, 6.45) is 2.10. The van der Waals surface area contributed by atoms with Crippen LogP contribution in [0.2, 0.25) is 0 Å². The van der Waals surface area contributed by atoms with Crippen molar-refractivity contribution in [2.24, 2.45) is 5.92 Å². The van der Waals surface area contributed by atoms with E-state index in [1.807, 2.05) is 0 Å². The van der Waals surface area contributed by atoms with E-state index in [1.54, 1.807) is 0 Å². The molecule has 2 N–H and O–H groups in total. The third-order valence-electron chi connectivity index (χ3n) is 2.79. The van der Waals surface area contributed by atoms with Gasteiger partial charge in [-0.2, -0.15) is 0 Å². The molecule has 0 spiro atoms. The maximum Gasteiger partial charge on any atom is 0.338 e. The van der Waals surface area contributed by atoms with Crippen LogP contribution in [0.1, 0.15) is 23.2 Å². The van der Waals surface area contributed by atoms with Crippen LogP contribution in [0, 0.1) is 21.8 Å². The molecule has 0 heterocycles. The number of nitrogens with zero attached hydrogens (tertiary/aromatic N) is 1. The highest BCUT2D eigenvalue weighted by molar-refractivity contribution is 5.90. The average Bonchev–Trinajstić information content (AvgIpc) is 3.09. The fourth-order valence-corrected chi connectivity index (χ4v) is 1.59. The number of aromatic carboxylic acids is 1. The number of hydrogen-bond donors (Lipinski definition) is 2. The van der Waals surface area contributed by atoms with E-state index >= 15 is 0 Å². The van der Waals surface area contributed by atoms with Crippen LogP contribution in [0.4, 0.5) is 15.8 Å². The maximum atomic E-state index is 13.4. The van der Waals surface area contributed by atoms with Gasteiger partial charge in [0.1, 0.15) is 17.1 Å². The Morgan fingerprint density at radius 3 is 2.72 bits per heavy atom.